The summed E-state index contributed by atoms with van der Waals surface area (Å²) < 4.78 is 0. The van der Waals surface area contributed by atoms with Gasteiger partial charge in [0.2, 0.25) is 0 Å². The maximum atomic E-state index is 6.34. The van der Waals surface area contributed by atoms with Gasteiger partial charge in [0, 0.05) is 5.54 Å². The lowest BCUT2D eigenvalue weighted by Gasteiger charge is -2.17. The maximum Gasteiger partial charge on any atom is 0.0411 e. The molecule has 0 amide bonds. The molecule has 1 aliphatic carbocycles. The molecule has 2 aromatic carbocycles. The van der Waals surface area contributed by atoms with E-state index in [1.807, 2.05) is 0 Å². The number of nitrogens with two attached hydrogens (primary N) is 1. The van der Waals surface area contributed by atoms with Crippen LogP contribution < -0.4 is 5.73 Å². The SMILES string of the molecule is CC(C)c1ccc(C2(N)CC2)cc1-c1ccccc1. The minimum absolute atomic E-state index is 0.0565. The summed E-state index contributed by atoms with van der Waals surface area (Å²) in [6, 6.07) is 17.4. The molecule has 1 saturated carbocycles. The van der Waals surface area contributed by atoms with Crippen LogP contribution in [0.5, 0.6) is 0 Å². The molecule has 0 saturated heterocycles. The molecule has 2 N–H and O–H groups in total. The van der Waals surface area contributed by atoms with Crippen molar-refractivity contribution in [3.8, 4) is 11.1 Å². The molecule has 1 heteroatoms. The molecule has 0 radical (unpaired) electrons. The van der Waals surface area contributed by atoms with Gasteiger partial charge in [0.25, 0.3) is 0 Å². The Bertz CT molecular complexity index is 580. The second kappa shape index (κ2) is 4.50. The van der Waals surface area contributed by atoms with Crippen molar-refractivity contribution in [2.75, 3.05) is 0 Å². The Morgan fingerprint density at radius 2 is 1.68 bits per heavy atom. The molecule has 1 fully saturated rings. The van der Waals surface area contributed by atoms with Crippen LogP contribution in [0, 0.1) is 0 Å². The molecule has 98 valence electrons. The molecule has 0 heterocycles. The fraction of sp³-hybridized carbons (Fsp3) is 0.333. The molecule has 1 aliphatic rings. The number of benzene rings is 2. The molecule has 19 heavy (non-hydrogen) atoms. The number of hydrogen-bond acceptors (Lipinski definition) is 1. The van der Waals surface area contributed by atoms with Crippen LogP contribution >= 0.6 is 0 Å². The highest BCUT2D eigenvalue weighted by atomic mass is 14.8. The minimum atomic E-state index is -0.0565. The largest absolute Gasteiger partial charge is 0.321 e. The third kappa shape index (κ3) is 2.31. The van der Waals surface area contributed by atoms with E-state index in [0.717, 1.165) is 12.8 Å². The van der Waals surface area contributed by atoms with E-state index in [1.165, 1.54) is 22.3 Å². The highest BCUT2D eigenvalue weighted by Gasteiger charge is 2.40. The fourth-order valence-corrected chi connectivity index (χ4v) is 2.66. The molecule has 0 unspecified atom stereocenters. The predicted octanol–water partition coefficient (Wildman–Crippen LogP) is 4.42. The lowest BCUT2D eigenvalue weighted by atomic mass is 9.89. The summed E-state index contributed by atoms with van der Waals surface area (Å²) in [4.78, 5) is 0. The van der Waals surface area contributed by atoms with E-state index in [1.54, 1.807) is 0 Å². The third-order valence-electron chi connectivity index (χ3n) is 4.12. The zero-order chi connectivity index (χ0) is 13.5. The van der Waals surface area contributed by atoms with E-state index in [9.17, 15) is 0 Å². The van der Waals surface area contributed by atoms with Gasteiger partial charge in [-0.25, -0.2) is 0 Å². The van der Waals surface area contributed by atoms with E-state index in [4.69, 9.17) is 5.73 Å². The third-order valence-corrected chi connectivity index (χ3v) is 4.12. The Balaban J connectivity index is 2.13. The smallest absolute Gasteiger partial charge is 0.0411 e. The summed E-state index contributed by atoms with van der Waals surface area (Å²) in [5, 5.41) is 0. The first-order valence-electron chi connectivity index (χ1n) is 7.09. The van der Waals surface area contributed by atoms with Crippen LogP contribution in [0.3, 0.4) is 0 Å². The van der Waals surface area contributed by atoms with Gasteiger partial charge in [-0.05, 0) is 47.1 Å². The van der Waals surface area contributed by atoms with E-state index in [0.29, 0.717) is 5.92 Å². The maximum absolute atomic E-state index is 6.34. The van der Waals surface area contributed by atoms with Crippen LogP contribution in [0.25, 0.3) is 11.1 Å². The van der Waals surface area contributed by atoms with Gasteiger partial charge in [-0.1, -0.05) is 56.3 Å². The van der Waals surface area contributed by atoms with Gasteiger partial charge in [0.05, 0.1) is 0 Å². The summed E-state index contributed by atoms with van der Waals surface area (Å²) in [6.45, 7) is 4.49. The van der Waals surface area contributed by atoms with E-state index >= 15 is 0 Å². The Kier molecular flexibility index (Phi) is 2.94. The molecular formula is C18H21N. The van der Waals surface area contributed by atoms with Gasteiger partial charge in [0.1, 0.15) is 0 Å². The zero-order valence-electron chi connectivity index (χ0n) is 11.7. The Morgan fingerprint density at radius 1 is 1.00 bits per heavy atom. The highest BCUT2D eigenvalue weighted by Crippen LogP contribution is 2.44. The van der Waals surface area contributed by atoms with Gasteiger partial charge >= 0.3 is 0 Å². The Morgan fingerprint density at radius 3 is 2.26 bits per heavy atom. The summed E-state index contributed by atoms with van der Waals surface area (Å²) in [7, 11) is 0. The van der Waals surface area contributed by atoms with E-state index < -0.39 is 0 Å². The molecule has 0 aromatic heterocycles. The fourth-order valence-electron chi connectivity index (χ4n) is 2.66. The highest BCUT2D eigenvalue weighted by molar-refractivity contribution is 5.69. The van der Waals surface area contributed by atoms with Crippen LogP contribution in [-0.4, -0.2) is 0 Å². The van der Waals surface area contributed by atoms with E-state index in [2.05, 4.69) is 62.4 Å². The number of hydrogen-bond donors (Lipinski definition) is 1. The second-order valence-corrected chi connectivity index (χ2v) is 5.98. The minimum Gasteiger partial charge on any atom is -0.321 e. The lowest BCUT2D eigenvalue weighted by Crippen LogP contribution is -2.18. The normalized spacial score (nSPS) is 16.6. The molecule has 3 rings (SSSR count). The van der Waals surface area contributed by atoms with Crippen LogP contribution in [0.15, 0.2) is 48.5 Å². The van der Waals surface area contributed by atoms with Gasteiger partial charge in [-0.3, -0.25) is 0 Å². The predicted molar refractivity (Wildman–Crippen MR) is 81.1 cm³/mol. The summed E-state index contributed by atoms with van der Waals surface area (Å²) in [5.74, 6) is 0.525. The standard InChI is InChI=1S/C18H21N/c1-13(2)16-9-8-15(18(19)10-11-18)12-17(16)14-6-4-3-5-7-14/h3-9,12-13H,10-11,19H2,1-2H3. The molecule has 0 spiro atoms. The lowest BCUT2D eigenvalue weighted by molar-refractivity contribution is 0.738. The quantitative estimate of drug-likeness (QED) is 0.858. The first-order valence-corrected chi connectivity index (χ1v) is 7.09. The Labute approximate surface area is 115 Å². The van der Waals surface area contributed by atoms with Crippen molar-refractivity contribution in [2.24, 2.45) is 5.73 Å². The first-order chi connectivity index (χ1) is 9.10. The van der Waals surface area contributed by atoms with Gasteiger partial charge in [0.15, 0.2) is 0 Å². The van der Waals surface area contributed by atoms with Crippen molar-refractivity contribution in [1.29, 1.82) is 0 Å². The molecule has 2 aromatic rings. The first kappa shape index (κ1) is 12.4. The van der Waals surface area contributed by atoms with Crippen LogP contribution in [0.1, 0.15) is 43.7 Å². The molecule has 0 atom stereocenters. The van der Waals surface area contributed by atoms with E-state index in [-0.39, 0.29) is 5.54 Å². The molecular weight excluding hydrogens is 230 g/mol. The van der Waals surface area contributed by atoms with Crippen LogP contribution in [-0.2, 0) is 5.54 Å². The zero-order valence-corrected chi connectivity index (χ0v) is 11.7. The van der Waals surface area contributed by atoms with Crippen molar-refractivity contribution >= 4 is 0 Å². The topological polar surface area (TPSA) is 26.0 Å². The summed E-state index contributed by atoms with van der Waals surface area (Å²) in [6.07, 6.45) is 2.23. The van der Waals surface area contributed by atoms with Gasteiger partial charge in [-0.2, -0.15) is 0 Å². The number of rotatable bonds is 3. The van der Waals surface area contributed by atoms with Crippen LogP contribution in [0.4, 0.5) is 0 Å². The van der Waals surface area contributed by atoms with Gasteiger partial charge < -0.3 is 5.73 Å². The van der Waals surface area contributed by atoms with Crippen molar-refractivity contribution in [3.63, 3.8) is 0 Å². The monoisotopic (exact) mass is 251 g/mol. The second-order valence-electron chi connectivity index (χ2n) is 5.98. The van der Waals surface area contributed by atoms with Crippen molar-refractivity contribution in [1.82, 2.24) is 0 Å². The summed E-state index contributed by atoms with van der Waals surface area (Å²) >= 11 is 0. The molecule has 0 bridgehead atoms. The molecule has 1 nitrogen and oxygen atoms in total. The van der Waals surface area contributed by atoms with Gasteiger partial charge in [-0.15, -0.1) is 0 Å². The average Bonchev–Trinajstić information content (AvgIpc) is 3.18. The summed E-state index contributed by atoms with van der Waals surface area (Å²) in [5.41, 5.74) is 11.6. The molecule has 0 aliphatic heterocycles. The van der Waals surface area contributed by atoms with Crippen molar-refractivity contribution in [3.05, 3.63) is 59.7 Å². The van der Waals surface area contributed by atoms with Crippen LogP contribution in [0.2, 0.25) is 0 Å². The van der Waals surface area contributed by atoms with Crippen molar-refractivity contribution in [2.45, 2.75) is 38.1 Å². The average molecular weight is 251 g/mol. The van der Waals surface area contributed by atoms with Crippen molar-refractivity contribution < 1.29 is 0 Å². The Hall–Kier alpha value is -1.60.